The number of carbonyl (C=O) groups is 1. The van der Waals surface area contributed by atoms with E-state index in [-0.39, 0.29) is 12.0 Å². The average molecular weight is 275 g/mol. The summed E-state index contributed by atoms with van der Waals surface area (Å²) in [5.74, 6) is 0.149. The van der Waals surface area contributed by atoms with Crippen LogP contribution in [0.3, 0.4) is 0 Å². The van der Waals surface area contributed by atoms with Crippen molar-refractivity contribution in [3.8, 4) is 0 Å². The summed E-state index contributed by atoms with van der Waals surface area (Å²) in [5, 5.41) is 2.92. The summed E-state index contributed by atoms with van der Waals surface area (Å²) >= 11 is 0. The van der Waals surface area contributed by atoms with Gasteiger partial charge in [0.1, 0.15) is 0 Å². The van der Waals surface area contributed by atoms with Crippen LogP contribution in [0.4, 0.5) is 0 Å². The largest absolute Gasteiger partial charge is 0.373 e. The lowest BCUT2D eigenvalue weighted by Gasteiger charge is -2.25. The van der Waals surface area contributed by atoms with Crippen molar-refractivity contribution >= 4 is 5.91 Å². The molecule has 1 atom stereocenters. The second kappa shape index (κ2) is 8.05. The molecule has 1 aromatic carbocycles. The first-order valence-electron chi connectivity index (χ1n) is 7.77. The highest BCUT2D eigenvalue weighted by Gasteiger charge is 2.19. The van der Waals surface area contributed by atoms with Gasteiger partial charge in [0.15, 0.2) is 0 Å². The molecule has 0 saturated carbocycles. The zero-order valence-electron chi connectivity index (χ0n) is 12.4. The molecule has 1 aliphatic rings. The van der Waals surface area contributed by atoms with Gasteiger partial charge in [-0.1, -0.05) is 31.2 Å². The van der Waals surface area contributed by atoms with Crippen molar-refractivity contribution in [2.45, 2.75) is 51.6 Å². The van der Waals surface area contributed by atoms with Crippen molar-refractivity contribution in [2.75, 3.05) is 13.2 Å². The topological polar surface area (TPSA) is 38.3 Å². The number of nitrogens with one attached hydrogen (secondary N) is 1. The highest BCUT2D eigenvalue weighted by atomic mass is 16.5. The minimum atomic E-state index is 0.149. The first-order valence-corrected chi connectivity index (χ1v) is 7.77. The third kappa shape index (κ3) is 4.34. The summed E-state index contributed by atoms with van der Waals surface area (Å²) in [5.41, 5.74) is 2.79. The van der Waals surface area contributed by atoms with Gasteiger partial charge in [-0.2, -0.15) is 0 Å². The summed E-state index contributed by atoms with van der Waals surface area (Å²) in [7, 11) is 0. The van der Waals surface area contributed by atoms with E-state index in [4.69, 9.17) is 4.74 Å². The highest BCUT2D eigenvalue weighted by Crippen LogP contribution is 2.32. The van der Waals surface area contributed by atoms with Crippen LogP contribution in [0.5, 0.6) is 0 Å². The Labute approximate surface area is 121 Å². The van der Waals surface area contributed by atoms with E-state index in [1.54, 1.807) is 0 Å². The van der Waals surface area contributed by atoms with Crippen molar-refractivity contribution < 1.29 is 9.53 Å². The maximum atomic E-state index is 11.3. The summed E-state index contributed by atoms with van der Waals surface area (Å²) in [4.78, 5) is 11.3. The van der Waals surface area contributed by atoms with Crippen LogP contribution in [0, 0.1) is 0 Å². The molecule has 0 unspecified atom stereocenters. The molecule has 3 nitrogen and oxygen atoms in total. The van der Waals surface area contributed by atoms with Gasteiger partial charge in [0.2, 0.25) is 5.91 Å². The third-order valence-corrected chi connectivity index (χ3v) is 3.75. The Balaban J connectivity index is 1.69. The van der Waals surface area contributed by atoms with E-state index in [2.05, 4.69) is 29.6 Å². The Morgan fingerprint density at radius 3 is 3.10 bits per heavy atom. The molecule has 0 heterocycles. The van der Waals surface area contributed by atoms with Gasteiger partial charge < -0.3 is 10.1 Å². The van der Waals surface area contributed by atoms with Crippen LogP contribution in [0.2, 0.25) is 0 Å². The minimum Gasteiger partial charge on any atom is -0.373 e. The number of amides is 1. The second-order valence-corrected chi connectivity index (χ2v) is 5.40. The molecule has 3 heteroatoms. The Bertz CT molecular complexity index is 431. The van der Waals surface area contributed by atoms with Gasteiger partial charge in [0, 0.05) is 19.6 Å². The molecule has 0 spiro atoms. The van der Waals surface area contributed by atoms with E-state index < -0.39 is 0 Å². The predicted octanol–water partition coefficient (Wildman–Crippen LogP) is 3.39. The van der Waals surface area contributed by atoms with Crippen LogP contribution < -0.4 is 5.32 Å². The van der Waals surface area contributed by atoms with Crippen LogP contribution in [0.25, 0.3) is 0 Å². The molecule has 1 aliphatic carbocycles. The molecule has 1 amide bonds. The SMILES string of the molecule is CCCC(=O)NCCCO[C@@H]1CCCc2ccccc21. The van der Waals surface area contributed by atoms with Crippen molar-refractivity contribution in [1.29, 1.82) is 0 Å². The monoisotopic (exact) mass is 275 g/mol. The molecular formula is C17H25NO2. The fourth-order valence-electron chi connectivity index (χ4n) is 2.72. The van der Waals surface area contributed by atoms with Gasteiger partial charge in [0.25, 0.3) is 0 Å². The number of ether oxygens (including phenoxy) is 1. The molecule has 0 fully saturated rings. The zero-order chi connectivity index (χ0) is 14.2. The molecule has 0 saturated heterocycles. The molecule has 0 radical (unpaired) electrons. The standard InChI is InChI=1S/C17H25NO2/c1-2-7-17(19)18-12-6-13-20-16-11-5-9-14-8-3-4-10-15(14)16/h3-4,8,10,16H,2,5-7,9,11-13H2,1H3,(H,18,19)/t16-/m1/s1. The summed E-state index contributed by atoms with van der Waals surface area (Å²) in [6.07, 6.45) is 6.13. The maximum Gasteiger partial charge on any atom is 0.219 e. The summed E-state index contributed by atoms with van der Waals surface area (Å²) < 4.78 is 6.00. The van der Waals surface area contributed by atoms with Gasteiger partial charge in [-0.15, -0.1) is 0 Å². The van der Waals surface area contributed by atoms with Crippen molar-refractivity contribution in [3.05, 3.63) is 35.4 Å². The third-order valence-electron chi connectivity index (χ3n) is 3.75. The Hall–Kier alpha value is -1.35. The van der Waals surface area contributed by atoms with Gasteiger partial charge in [-0.25, -0.2) is 0 Å². The second-order valence-electron chi connectivity index (χ2n) is 5.40. The van der Waals surface area contributed by atoms with E-state index in [9.17, 15) is 4.79 Å². The predicted molar refractivity (Wildman–Crippen MR) is 80.6 cm³/mol. The Morgan fingerprint density at radius 2 is 2.25 bits per heavy atom. The Morgan fingerprint density at radius 1 is 1.40 bits per heavy atom. The first-order chi connectivity index (χ1) is 9.81. The minimum absolute atomic E-state index is 0.149. The maximum absolute atomic E-state index is 11.3. The fraction of sp³-hybridized carbons (Fsp3) is 0.588. The molecule has 20 heavy (non-hydrogen) atoms. The van der Waals surface area contributed by atoms with Crippen LogP contribution in [0.1, 0.15) is 56.3 Å². The van der Waals surface area contributed by atoms with Crippen LogP contribution in [-0.4, -0.2) is 19.1 Å². The van der Waals surface area contributed by atoms with E-state index in [1.807, 2.05) is 6.92 Å². The van der Waals surface area contributed by atoms with Crippen LogP contribution in [0.15, 0.2) is 24.3 Å². The van der Waals surface area contributed by atoms with E-state index >= 15 is 0 Å². The summed E-state index contributed by atoms with van der Waals surface area (Å²) in [6.45, 7) is 3.45. The quantitative estimate of drug-likeness (QED) is 0.775. The molecule has 2 rings (SSSR count). The molecular weight excluding hydrogens is 250 g/mol. The lowest BCUT2D eigenvalue weighted by atomic mass is 9.89. The first kappa shape index (κ1) is 15.0. The lowest BCUT2D eigenvalue weighted by molar-refractivity contribution is -0.121. The van der Waals surface area contributed by atoms with Gasteiger partial charge in [-0.3, -0.25) is 4.79 Å². The van der Waals surface area contributed by atoms with Crippen molar-refractivity contribution in [1.82, 2.24) is 5.32 Å². The van der Waals surface area contributed by atoms with E-state index in [0.717, 1.165) is 19.3 Å². The fourth-order valence-corrected chi connectivity index (χ4v) is 2.72. The van der Waals surface area contributed by atoms with Gasteiger partial charge in [-0.05, 0) is 43.2 Å². The average Bonchev–Trinajstić information content (AvgIpc) is 2.47. The number of hydrogen-bond donors (Lipinski definition) is 1. The van der Waals surface area contributed by atoms with Crippen molar-refractivity contribution in [3.63, 3.8) is 0 Å². The highest BCUT2D eigenvalue weighted by molar-refractivity contribution is 5.75. The number of rotatable bonds is 7. The van der Waals surface area contributed by atoms with E-state index in [1.165, 1.54) is 24.0 Å². The number of carbonyl (C=O) groups excluding carboxylic acids is 1. The molecule has 0 bridgehead atoms. The summed E-state index contributed by atoms with van der Waals surface area (Å²) in [6, 6.07) is 8.58. The normalized spacial score (nSPS) is 17.6. The Kier molecular flexibility index (Phi) is 6.06. The molecule has 1 N–H and O–H groups in total. The van der Waals surface area contributed by atoms with Crippen molar-refractivity contribution in [2.24, 2.45) is 0 Å². The smallest absolute Gasteiger partial charge is 0.219 e. The molecule has 0 aliphatic heterocycles. The zero-order valence-corrected chi connectivity index (χ0v) is 12.4. The lowest BCUT2D eigenvalue weighted by Crippen LogP contribution is -2.25. The number of benzene rings is 1. The number of aryl methyl sites for hydroxylation is 1. The van der Waals surface area contributed by atoms with Crippen LogP contribution in [-0.2, 0) is 16.0 Å². The van der Waals surface area contributed by atoms with Gasteiger partial charge >= 0.3 is 0 Å². The molecule has 1 aromatic rings. The molecule has 0 aromatic heterocycles. The van der Waals surface area contributed by atoms with Crippen LogP contribution >= 0.6 is 0 Å². The molecule has 110 valence electrons. The number of hydrogen-bond acceptors (Lipinski definition) is 2. The van der Waals surface area contributed by atoms with E-state index in [0.29, 0.717) is 19.6 Å². The number of fused-ring (bicyclic) bond motifs is 1. The van der Waals surface area contributed by atoms with Gasteiger partial charge in [0.05, 0.1) is 6.10 Å².